The highest BCUT2D eigenvalue weighted by atomic mass is 16.6. The number of carbonyl (C=O) groups excluding carboxylic acids is 1. The van der Waals surface area contributed by atoms with Gasteiger partial charge in [-0.3, -0.25) is 0 Å². The average Bonchev–Trinajstić information content (AvgIpc) is 3.34. The first-order valence-electron chi connectivity index (χ1n) is 10.6. The molecule has 1 saturated heterocycles. The molecule has 1 fully saturated rings. The van der Waals surface area contributed by atoms with Gasteiger partial charge >= 0.3 is 5.97 Å². The number of rotatable bonds is 17. The zero-order valence-corrected chi connectivity index (χ0v) is 16.7. The van der Waals surface area contributed by atoms with Gasteiger partial charge in [0.1, 0.15) is 0 Å². The van der Waals surface area contributed by atoms with Gasteiger partial charge < -0.3 is 9.47 Å². The van der Waals surface area contributed by atoms with Crippen molar-refractivity contribution in [1.82, 2.24) is 0 Å². The van der Waals surface area contributed by atoms with Crippen LogP contribution in [0.4, 0.5) is 0 Å². The molecule has 1 aliphatic rings. The van der Waals surface area contributed by atoms with Gasteiger partial charge in [-0.15, -0.1) is 0 Å². The Bertz CT molecular complexity index is 364. The molecule has 0 N–H and O–H groups in total. The normalized spacial score (nSPS) is 19.0. The largest absolute Gasteiger partial charge is 0.462 e. The van der Waals surface area contributed by atoms with Gasteiger partial charge in [-0.05, 0) is 26.2 Å². The van der Waals surface area contributed by atoms with Crippen molar-refractivity contribution < 1.29 is 14.3 Å². The smallest absolute Gasteiger partial charge is 0.333 e. The van der Waals surface area contributed by atoms with E-state index in [4.69, 9.17) is 9.47 Å². The first-order chi connectivity index (χ1) is 12.1. The van der Waals surface area contributed by atoms with E-state index in [0.717, 1.165) is 12.8 Å². The van der Waals surface area contributed by atoms with E-state index in [1.807, 2.05) is 0 Å². The van der Waals surface area contributed by atoms with Crippen molar-refractivity contribution in [3.05, 3.63) is 12.2 Å². The summed E-state index contributed by atoms with van der Waals surface area (Å²) in [5, 5.41) is 0. The van der Waals surface area contributed by atoms with Crippen molar-refractivity contribution >= 4 is 5.97 Å². The third-order valence-corrected chi connectivity index (χ3v) is 4.99. The van der Waals surface area contributed by atoms with Gasteiger partial charge in [0, 0.05) is 5.57 Å². The molecule has 0 bridgehead atoms. The zero-order chi connectivity index (χ0) is 18.3. The van der Waals surface area contributed by atoms with Crippen LogP contribution in [-0.2, 0) is 14.3 Å². The molecule has 1 aliphatic heterocycles. The van der Waals surface area contributed by atoms with Crippen LogP contribution in [0, 0.1) is 0 Å². The van der Waals surface area contributed by atoms with Crippen LogP contribution in [-0.4, -0.2) is 24.8 Å². The Labute approximate surface area is 155 Å². The maximum Gasteiger partial charge on any atom is 0.333 e. The van der Waals surface area contributed by atoms with Crippen molar-refractivity contribution in [3.63, 3.8) is 0 Å². The standard InChI is InChI=1S/C22H40O3/c1-4-5-6-7-10-13-16-20-21(25-20)17-14-11-8-9-12-15-18-24-22(23)19(2)3/h20-21H,2,4-18H2,1,3H3. The minimum Gasteiger partial charge on any atom is -0.462 e. The number of carbonyl (C=O) groups is 1. The van der Waals surface area contributed by atoms with Gasteiger partial charge in [-0.1, -0.05) is 84.1 Å². The van der Waals surface area contributed by atoms with E-state index < -0.39 is 0 Å². The summed E-state index contributed by atoms with van der Waals surface area (Å²) in [6, 6.07) is 0. The Hall–Kier alpha value is -0.830. The lowest BCUT2D eigenvalue weighted by atomic mass is 10.0. The van der Waals surface area contributed by atoms with E-state index >= 15 is 0 Å². The van der Waals surface area contributed by atoms with Crippen LogP contribution in [0.1, 0.15) is 104 Å². The van der Waals surface area contributed by atoms with Crippen LogP contribution >= 0.6 is 0 Å². The van der Waals surface area contributed by atoms with Gasteiger partial charge in [0.05, 0.1) is 18.8 Å². The van der Waals surface area contributed by atoms with Crippen molar-refractivity contribution in [2.24, 2.45) is 0 Å². The number of ether oxygens (including phenoxy) is 2. The summed E-state index contributed by atoms with van der Waals surface area (Å²) in [4.78, 5) is 11.2. The monoisotopic (exact) mass is 352 g/mol. The predicted molar refractivity (Wildman–Crippen MR) is 105 cm³/mol. The SMILES string of the molecule is C=C(C)C(=O)OCCCCCCCCC1OC1CCCCCCCC. The van der Waals surface area contributed by atoms with Crippen molar-refractivity contribution in [2.75, 3.05) is 6.61 Å². The Kier molecular flexibility index (Phi) is 12.8. The Morgan fingerprint density at radius 1 is 0.840 bits per heavy atom. The molecule has 1 heterocycles. The van der Waals surface area contributed by atoms with Gasteiger partial charge in [0.2, 0.25) is 0 Å². The molecule has 2 atom stereocenters. The first-order valence-corrected chi connectivity index (χ1v) is 10.6. The topological polar surface area (TPSA) is 38.8 Å². The highest BCUT2D eigenvalue weighted by molar-refractivity contribution is 5.86. The van der Waals surface area contributed by atoms with Crippen molar-refractivity contribution in [1.29, 1.82) is 0 Å². The Morgan fingerprint density at radius 2 is 1.32 bits per heavy atom. The molecule has 3 heteroatoms. The molecule has 0 saturated carbocycles. The second kappa shape index (κ2) is 14.4. The predicted octanol–water partition coefficient (Wildman–Crippen LogP) is 6.35. The Balaban J connectivity index is 1.77. The summed E-state index contributed by atoms with van der Waals surface area (Å²) in [6.45, 7) is 8.06. The highest BCUT2D eigenvalue weighted by Gasteiger charge is 2.36. The third-order valence-electron chi connectivity index (χ3n) is 4.99. The second-order valence-electron chi connectivity index (χ2n) is 7.60. The van der Waals surface area contributed by atoms with Crippen LogP contribution in [0.3, 0.4) is 0 Å². The maximum absolute atomic E-state index is 11.2. The fourth-order valence-corrected chi connectivity index (χ4v) is 3.26. The minimum absolute atomic E-state index is 0.264. The molecule has 0 spiro atoms. The van der Waals surface area contributed by atoms with Gasteiger partial charge in [0.25, 0.3) is 0 Å². The lowest BCUT2D eigenvalue weighted by Crippen LogP contribution is -2.05. The van der Waals surface area contributed by atoms with Crippen molar-refractivity contribution in [3.8, 4) is 0 Å². The van der Waals surface area contributed by atoms with Crippen LogP contribution in [0.2, 0.25) is 0 Å². The summed E-state index contributed by atoms with van der Waals surface area (Å²) in [7, 11) is 0. The van der Waals surface area contributed by atoms with E-state index in [2.05, 4.69) is 13.5 Å². The summed E-state index contributed by atoms with van der Waals surface area (Å²) >= 11 is 0. The molecular weight excluding hydrogens is 312 g/mol. The molecule has 0 radical (unpaired) electrons. The quantitative estimate of drug-likeness (QED) is 0.132. The van der Waals surface area contributed by atoms with Gasteiger partial charge in [0.15, 0.2) is 0 Å². The van der Waals surface area contributed by atoms with E-state index in [1.165, 1.54) is 77.0 Å². The molecule has 25 heavy (non-hydrogen) atoms. The number of epoxide rings is 1. The molecule has 1 rings (SSSR count). The van der Waals surface area contributed by atoms with Crippen LogP contribution in [0.15, 0.2) is 12.2 Å². The number of unbranched alkanes of at least 4 members (excludes halogenated alkanes) is 10. The lowest BCUT2D eigenvalue weighted by Gasteiger charge is -2.04. The third kappa shape index (κ3) is 12.2. The molecule has 0 aromatic rings. The molecule has 2 unspecified atom stereocenters. The summed E-state index contributed by atoms with van der Waals surface area (Å²) in [6.07, 6.45) is 19.1. The fraction of sp³-hybridized carbons (Fsp3) is 0.864. The molecule has 3 nitrogen and oxygen atoms in total. The minimum atomic E-state index is -0.264. The number of esters is 1. The summed E-state index contributed by atoms with van der Waals surface area (Å²) in [5.74, 6) is -0.264. The van der Waals surface area contributed by atoms with Crippen molar-refractivity contribution in [2.45, 2.75) is 116 Å². The molecule has 0 amide bonds. The van der Waals surface area contributed by atoms with E-state index in [9.17, 15) is 4.79 Å². The van der Waals surface area contributed by atoms with E-state index in [1.54, 1.807) is 6.92 Å². The molecular formula is C22H40O3. The molecule has 0 aliphatic carbocycles. The van der Waals surface area contributed by atoms with Crippen LogP contribution in [0.5, 0.6) is 0 Å². The van der Waals surface area contributed by atoms with E-state index in [0.29, 0.717) is 24.4 Å². The molecule has 0 aromatic carbocycles. The van der Waals surface area contributed by atoms with Gasteiger partial charge in [-0.2, -0.15) is 0 Å². The van der Waals surface area contributed by atoms with Crippen LogP contribution in [0.25, 0.3) is 0 Å². The maximum atomic E-state index is 11.2. The molecule has 0 aromatic heterocycles. The molecule has 146 valence electrons. The Morgan fingerprint density at radius 3 is 1.84 bits per heavy atom. The van der Waals surface area contributed by atoms with Gasteiger partial charge in [-0.25, -0.2) is 4.79 Å². The van der Waals surface area contributed by atoms with Crippen LogP contribution < -0.4 is 0 Å². The van der Waals surface area contributed by atoms with E-state index in [-0.39, 0.29) is 5.97 Å². The number of hydrogen-bond acceptors (Lipinski definition) is 3. The summed E-state index contributed by atoms with van der Waals surface area (Å²) < 4.78 is 10.9. The average molecular weight is 353 g/mol. The fourth-order valence-electron chi connectivity index (χ4n) is 3.26. The first kappa shape index (κ1) is 22.2. The number of hydrogen-bond donors (Lipinski definition) is 0. The highest BCUT2D eigenvalue weighted by Crippen LogP contribution is 2.31. The summed E-state index contributed by atoms with van der Waals surface area (Å²) in [5.41, 5.74) is 0.483. The zero-order valence-electron chi connectivity index (χ0n) is 16.7. The second-order valence-corrected chi connectivity index (χ2v) is 7.60. The lowest BCUT2D eigenvalue weighted by molar-refractivity contribution is -0.139.